The molecule has 3 aromatic carbocycles. The predicted molar refractivity (Wildman–Crippen MR) is 163 cm³/mol. The number of ether oxygens (including phenoxy) is 1. The van der Waals surface area contributed by atoms with Gasteiger partial charge in [0.1, 0.15) is 10.6 Å². The molecule has 0 aliphatic carbocycles. The third-order valence-corrected chi connectivity index (χ3v) is 9.09. The number of amides is 1. The second-order valence-electron chi connectivity index (χ2n) is 10.8. The number of carbonyl (C=O) groups is 1. The number of nitrogens with two attached hydrogens (primary N) is 1. The van der Waals surface area contributed by atoms with Crippen LogP contribution in [0.25, 0.3) is 0 Å². The van der Waals surface area contributed by atoms with E-state index in [-0.39, 0.29) is 16.8 Å². The summed E-state index contributed by atoms with van der Waals surface area (Å²) in [4.78, 5) is 20.2. The first-order valence-corrected chi connectivity index (χ1v) is 15.6. The number of piperidine rings is 1. The zero-order valence-corrected chi connectivity index (χ0v) is 24.8. The van der Waals surface area contributed by atoms with E-state index in [1.165, 1.54) is 6.07 Å². The standard InChI is InChI=1S/C31H39N5O4S/c1-22-20-23(2)28(36(24-12-14-33-15-13-24)26-8-4-6-10-29(26)40-3)21-25(22)31(37)35-18-16-34(17-19-35)27-9-5-7-11-30(27)41(32,38)39/h4-11,20-21,24,33H,12-19H2,1-3H3,(H2,32,38,39). The van der Waals surface area contributed by atoms with Gasteiger partial charge in [-0.15, -0.1) is 0 Å². The van der Waals surface area contributed by atoms with Crippen molar-refractivity contribution in [1.82, 2.24) is 10.2 Å². The molecule has 0 atom stereocenters. The summed E-state index contributed by atoms with van der Waals surface area (Å²) in [5.74, 6) is 0.781. The predicted octanol–water partition coefficient (Wildman–Crippen LogP) is 3.81. The average Bonchev–Trinajstić information content (AvgIpc) is 2.98. The normalized spacial score (nSPS) is 16.5. The SMILES string of the molecule is COc1ccccc1N(c1cc(C(=O)N2CCN(c3ccccc3S(N)(=O)=O)CC2)c(C)cc1C)C1CCNCC1. The van der Waals surface area contributed by atoms with Crippen LogP contribution in [0.15, 0.2) is 65.6 Å². The van der Waals surface area contributed by atoms with Gasteiger partial charge in [-0.25, -0.2) is 13.6 Å². The Bertz CT molecular complexity index is 1510. The van der Waals surface area contributed by atoms with Crippen molar-refractivity contribution in [3.05, 3.63) is 77.4 Å². The highest BCUT2D eigenvalue weighted by atomic mass is 32.2. The van der Waals surface area contributed by atoms with E-state index < -0.39 is 10.0 Å². The summed E-state index contributed by atoms with van der Waals surface area (Å²) in [6, 6.07) is 19.2. The Balaban J connectivity index is 1.44. The van der Waals surface area contributed by atoms with Crippen molar-refractivity contribution in [2.75, 3.05) is 56.2 Å². The van der Waals surface area contributed by atoms with Crippen molar-refractivity contribution in [3.63, 3.8) is 0 Å². The molecule has 2 aliphatic rings. The number of hydrogen-bond donors (Lipinski definition) is 2. The van der Waals surface area contributed by atoms with E-state index in [4.69, 9.17) is 9.88 Å². The van der Waals surface area contributed by atoms with Crippen LogP contribution in [0.5, 0.6) is 5.75 Å². The molecule has 0 bridgehead atoms. The third kappa shape index (κ3) is 6.05. The van der Waals surface area contributed by atoms with E-state index in [1.54, 1.807) is 25.3 Å². The molecule has 1 amide bonds. The van der Waals surface area contributed by atoms with Gasteiger partial charge in [0.2, 0.25) is 10.0 Å². The number of primary sulfonamides is 1. The van der Waals surface area contributed by atoms with Gasteiger partial charge in [0.05, 0.1) is 18.5 Å². The molecule has 218 valence electrons. The zero-order chi connectivity index (χ0) is 29.1. The molecule has 41 heavy (non-hydrogen) atoms. The molecule has 0 unspecified atom stereocenters. The molecule has 9 nitrogen and oxygen atoms in total. The van der Waals surface area contributed by atoms with E-state index in [9.17, 15) is 13.2 Å². The van der Waals surface area contributed by atoms with Crippen LogP contribution < -0.4 is 25.0 Å². The lowest BCUT2D eigenvalue weighted by atomic mass is 9.97. The molecule has 2 fully saturated rings. The van der Waals surface area contributed by atoms with Crippen molar-refractivity contribution < 1.29 is 17.9 Å². The number of nitrogens with one attached hydrogen (secondary N) is 1. The van der Waals surface area contributed by atoms with Crippen molar-refractivity contribution in [1.29, 1.82) is 0 Å². The fourth-order valence-electron chi connectivity index (χ4n) is 6.03. The molecule has 2 saturated heterocycles. The molecule has 3 aromatic rings. The average molecular weight is 578 g/mol. The van der Waals surface area contributed by atoms with Crippen LogP contribution in [0.4, 0.5) is 17.1 Å². The van der Waals surface area contributed by atoms with Gasteiger partial charge in [0.25, 0.3) is 5.91 Å². The molecule has 10 heteroatoms. The van der Waals surface area contributed by atoms with Crippen molar-refractivity contribution in [2.24, 2.45) is 5.14 Å². The Morgan fingerprint density at radius 1 is 0.927 bits per heavy atom. The Kier molecular flexibility index (Phi) is 8.53. The van der Waals surface area contributed by atoms with Crippen LogP contribution in [-0.2, 0) is 10.0 Å². The first-order chi connectivity index (χ1) is 19.7. The fraction of sp³-hybridized carbons (Fsp3) is 0.387. The minimum atomic E-state index is -3.86. The fourth-order valence-corrected chi connectivity index (χ4v) is 6.78. The minimum absolute atomic E-state index is 0.0200. The molecule has 2 aliphatic heterocycles. The number of aryl methyl sites for hydroxylation is 2. The van der Waals surface area contributed by atoms with Crippen LogP contribution in [0.2, 0.25) is 0 Å². The highest BCUT2D eigenvalue weighted by Gasteiger charge is 2.30. The van der Waals surface area contributed by atoms with E-state index in [2.05, 4.69) is 29.3 Å². The van der Waals surface area contributed by atoms with Crippen molar-refractivity contribution >= 4 is 33.0 Å². The molecular formula is C31H39N5O4S. The topological polar surface area (TPSA) is 108 Å². The quantitative estimate of drug-likeness (QED) is 0.440. The van der Waals surface area contributed by atoms with E-state index in [0.717, 1.165) is 54.2 Å². The Hall–Kier alpha value is -3.60. The lowest BCUT2D eigenvalue weighted by molar-refractivity contribution is 0.0746. The van der Waals surface area contributed by atoms with Crippen LogP contribution in [0.1, 0.15) is 34.3 Å². The Morgan fingerprint density at radius 2 is 1.59 bits per heavy atom. The van der Waals surface area contributed by atoms with Crippen LogP contribution >= 0.6 is 0 Å². The number of sulfonamides is 1. The number of methoxy groups -OCH3 is 1. The summed E-state index contributed by atoms with van der Waals surface area (Å²) in [5.41, 5.74) is 5.30. The van der Waals surface area contributed by atoms with Gasteiger partial charge >= 0.3 is 0 Å². The number of anilines is 3. The smallest absolute Gasteiger partial charge is 0.254 e. The second kappa shape index (κ2) is 12.1. The first-order valence-electron chi connectivity index (χ1n) is 14.1. The summed E-state index contributed by atoms with van der Waals surface area (Å²) in [5, 5.41) is 8.92. The lowest BCUT2D eigenvalue weighted by Crippen LogP contribution is -2.49. The molecule has 0 radical (unpaired) electrons. The van der Waals surface area contributed by atoms with Gasteiger partial charge < -0.3 is 24.8 Å². The monoisotopic (exact) mass is 577 g/mol. The van der Waals surface area contributed by atoms with Crippen LogP contribution in [-0.4, -0.2) is 71.6 Å². The largest absolute Gasteiger partial charge is 0.495 e. The van der Waals surface area contributed by atoms with Crippen LogP contribution in [0.3, 0.4) is 0 Å². The number of para-hydroxylation sites is 3. The van der Waals surface area contributed by atoms with Crippen molar-refractivity contribution in [2.45, 2.75) is 37.6 Å². The molecule has 0 saturated carbocycles. The molecule has 3 N–H and O–H groups in total. The molecule has 5 rings (SSSR count). The lowest BCUT2D eigenvalue weighted by Gasteiger charge is -2.39. The number of benzene rings is 3. The highest BCUT2D eigenvalue weighted by molar-refractivity contribution is 7.89. The molecule has 2 heterocycles. The van der Waals surface area contributed by atoms with E-state index >= 15 is 0 Å². The highest BCUT2D eigenvalue weighted by Crippen LogP contribution is 2.40. The number of rotatable bonds is 7. The third-order valence-electron chi connectivity index (χ3n) is 8.13. The maximum absolute atomic E-state index is 14.0. The second-order valence-corrected chi connectivity index (χ2v) is 12.3. The minimum Gasteiger partial charge on any atom is -0.495 e. The Labute approximate surface area is 242 Å². The number of carbonyl (C=O) groups excluding carboxylic acids is 1. The van der Waals surface area contributed by atoms with Gasteiger partial charge in [-0.2, -0.15) is 0 Å². The van der Waals surface area contributed by atoms with Crippen LogP contribution in [0, 0.1) is 13.8 Å². The maximum Gasteiger partial charge on any atom is 0.254 e. The van der Waals surface area contributed by atoms with Gasteiger partial charge in [-0.1, -0.05) is 30.3 Å². The van der Waals surface area contributed by atoms with Crippen molar-refractivity contribution in [3.8, 4) is 5.75 Å². The summed E-state index contributed by atoms with van der Waals surface area (Å²) >= 11 is 0. The molecule has 0 aromatic heterocycles. The molecule has 0 spiro atoms. The molecular weight excluding hydrogens is 538 g/mol. The van der Waals surface area contributed by atoms with Gasteiger partial charge in [-0.3, -0.25) is 4.79 Å². The van der Waals surface area contributed by atoms with E-state index in [1.807, 2.05) is 41.0 Å². The summed E-state index contributed by atoms with van der Waals surface area (Å²) in [6.45, 7) is 7.94. The maximum atomic E-state index is 14.0. The number of hydrogen-bond acceptors (Lipinski definition) is 7. The zero-order valence-electron chi connectivity index (χ0n) is 24.0. The van der Waals surface area contributed by atoms with Gasteiger partial charge in [0, 0.05) is 43.5 Å². The number of nitrogens with zero attached hydrogens (tertiary/aromatic N) is 3. The number of piperazine rings is 1. The Morgan fingerprint density at radius 3 is 2.27 bits per heavy atom. The first kappa shape index (κ1) is 28.9. The van der Waals surface area contributed by atoms with E-state index in [0.29, 0.717) is 37.4 Å². The van der Waals surface area contributed by atoms with Gasteiger partial charge in [-0.05, 0) is 81.2 Å². The summed E-state index contributed by atoms with van der Waals surface area (Å²) in [6.07, 6.45) is 1.97. The summed E-state index contributed by atoms with van der Waals surface area (Å²) in [7, 11) is -2.16. The summed E-state index contributed by atoms with van der Waals surface area (Å²) < 4.78 is 30.0. The van der Waals surface area contributed by atoms with Gasteiger partial charge in [0.15, 0.2) is 0 Å².